The van der Waals surface area contributed by atoms with E-state index in [-0.39, 0.29) is 12.0 Å². The van der Waals surface area contributed by atoms with E-state index in [0.717, 1.165) is 27.5 Å². The average Bonchev–Trinajstić information content (AvgIpc) is 2.89. The van der Waals surface area contributed by atoms with Crippen molar-refractivity contribution in [3.05, 3.63) is 32.4 Å². The topological polar surface area (TPSA) is 78.9 Å². The lowest BCUT2D eigenvalue weighted by Crippen LogP contribution is -2.53. The summed E-state index contributed by atoms with van der Waals surface area (Å²) in [5.74, 6) is -0.256. The standard InChI is InChI=1S/C15H17IN2O4/c16-13-9(2-4-11-12(13)8-22-14(11)19)1-3-10-7-17-5-6-18(10)15(20)21/h2,4,10,17H,1,3,5-8H2,(H,20,21). The Morgan fingerprint density at radius 3 is 3.09 bits per heavy atom. The SMILES string of the molecule is O=C1OCc2c1ccc(CCC1CNCCN1C(=O)O)c2I. The normalized spacial score (nSPS) is 20.7. The molecule has 1 aromatic carbocycles. The van der Waals surface area contributed by atoms with Crippen LogP contribution in [-0.2, 0) is 17.8 Å². The van der Waals surface area contributed by atoms with Crippen LogP contribution in [0.4, 0.5) is 4.79 Å². The molecule has 22 heavy (non-hydrogen) atoms. The van der Waals surface area contributed by atoms with Crippen molar-refractivity contribution in [2.45, 2.75) is 25.5 Å². The van der Waals surface area contributed by atoms with Gasteiger partial charge in [0, 0.05) is 34.8 Å². The van der Waals surface area contributed by atoms with Crippen LogP contribution in [0.5, 0.6) is 0 Å². The lowest BCUT2D eigenvalue weighted by molar-refractivity contribution is 0.0534. The predicted molar refractivity (Wildman–Crippen MR) is 88.0 cm³/mol. The Kier molecular flexibility index (Phi) is 4.53. The molecule has 2 aliphatic heterocycles. The van der Waals surface area contributed by atoms with E-state index in [1.165, 1.54) is 4.90 Å². The van der Waals surface area contributed by atoms with Crippen LogP contribution in [0.2, 0.25) is 0 Å². The molecule has 0 bridgehead atoms. The van der Waals surface area contributed by atoms with Gasteiger partial charge < -0.3 is 20.1 Å². The summed E-state index contributed by atoms with van der Waals surface area (Å²) in [5, 5.41) is 12.5. The van der Waals surface area contributed by atoms with Crippen LogP contribution in [0, 0.1) is 3.57 Å². The van der Waals surface area contributed by atoms with Gasteiger partial charge in [-0.05, 0) is 47.1 Å². The zero-order valence-electron chi connectivity index (χ0n) is 12.0. The molecule has 2 heterocycles. The van der Waals surface area contributed by atoms with Gasteiger partial charge in [-0.3, -0.25) is 0 Å². The molecule has 1 atom stereocenters. The van der Waals surface area contributed by atoms with Crippen molar-refractivity contribution in [1.29, 1.82) is 0 Å². The minimum Gasteiger partial charge on any atom is -0.465 e. The highest BCUT2D eigenvalue weighted by Gasteiger charge is 2.27. The minimum atomic E-state index is -0.853. The number of nitrogens with one attached hydrogen (secondary N) is 1. The molecule has 3 rings (SSSR count). The van der Waals surface area contributed by atoms with Crippen molar-refractivity contribution in [1.82, 2.24) is 10.2 Å². The molecule has 0 spiro atoms. The Bertz CT molecular complexity index is 620. The Labute approximate surface area is 142 Å². The summed E-state index contributed by atoms with van der Waals surface area (Å²) in [6.45, 7) is 2.27. The molecule has 1 saturated heterocycles. The molecular weight excluding hydrogens is 399 g/mol. The first-order chi connectivity index (χ1) is 10.6. The predicted octanol–water partition coefficient (Wildman–Crippen LogP) is 1.85. The number of carbonyl (C=O) groups excluding carboxylic acids is 1. The second kappa shape index (κ2) is 6.41. The summed E-state index contributed by atoms with van der Waals surface area (Å²) in [5.41, 5.74) is 2.76. The van der Waals surface area contributed by atoms with Crippen LogP contribution in [0.25, 0.3) is 0 Å². The van der Waals surface area contributed by atoms with Gasteiger partial charge in [-0.2, -0.15) is 0 Å². The van der Waals surface area contributed by atoms with Crippen molar-refractivity contribution < 1.29 is 19.4 Å². The summed E-state index contributed by atoms with van der Waals surface area (Å²) in [7, 11) is 0. The van der Waals surface area contributed by atoms with E-state index in [1.54, 1.807) is 0 Å². The fourth-order valence-corrected chi connectivity index (χ4v) is 3.90. The number of halogens is 1. The summed E-state index contributed by atoms with van der Waals surface area (Å²) in [6, 6.07) is 3.76. The van der Waals surface area contributed by atoms with Gasteiger partial charge in [0.2, 0.25) is 0 Å². The molecule has 2 aliphatic rings. The summed E-state index contributed by atoms with van der Waals surface area (Å²) in [6.07, 6.45) is 0.702. The van der Waals surface area contributed by atoms with Gasteiger partial charge in [-0.25, -0.2) is 9.59 Å². The number of fused-ring (bicyclic) bond motifs is 1. The zero-order valence-corrected chi connectivity index (χ0v) is 14.1. The van der Waals surface area contributed by atoms with Crippen LogP contribution in [-0.4, -0.2) is 47.7 Å². The van der Waals surface area contributed by atoms with Crippen LogP contribution >= 0.6 is 22.6 Å². The van der Waals surface area contributed by atoms with Gasteiger partial charge in [0.1, 0.15) is 6.61 Å². The fraction of sp³-hybridized carbons (Fsp3) is 0.467. The number of hydrogen-bond acceptors (Lipinski definition) is 4. The van der Waals surface area contributed by atoms with Gasteiger partial charge in [0.15, 0.2) is 0 Å². The number of amides is 1. The van der Waals surface area contributed by atoms with E-state index < -0.39 is 6.09 Å². The van der Waals surface area contributed by atoms with Crippen LogP contribution in [0.1, 0.15) is 27.9 Å². The molecule has 1 fully saturated rings. The van der Waals surface area contributed by atoms with Crippen molar-refractivity contribution in [2.24, 2.45) is 0 Å². The highest BCUT2D eigenvalue weighted by molar-refractivity contribution is 14.1. The quantitative estimate of drug-likeness (QED) is 0.581. The van der Waals surface area contributed by atoms with Crippen molar-refractivity contribution >= 4 is 34.7 Å². The van der Waals surface area contributed by atoms with Crippen LogP contribution < -0.4 is 5.32 Å². The third-order valence-electron chi connectivity index (χ3n) is 4.23. The summed E-state index contributed by atoms with van der Waals surface area (Å²) in [4.78, 5) is 24.3. The molecule has 1 amide bonds. The number of nitrogens with zero attached hydrogens (tertiary/aromatic N) is 1. The van der Waals surface area contributed by atoms with E-state index in [0.29, 0.717) is 31.8 Å². The van der Waals surface area contributed by atoms with Gasteiger partial charge in [-0.1, -0.05) is 6.07 Å². The van der Waals surface area contributed by atoms with E-state index in [1.807, 2.05) is 12.1 Å². The Hall–Kier alpha value is -1.35. The van der Waals surface area contributed by atoms with Crippen LogP contribution in [0.15, 0.2) is 12.1 Å². The first kappa shape index (κ1) is 15.5. The maximum atomic E-state index is 11.5. The second-order valence-corrected chi connectivity index (χ2v) is 6.59. The number of carbonyl (C=O) groups is 2. The summed E-state index contributed by atoms with van der Waals surface area (Å²) >= 11 is 2.25. The Morgan fingerprint density at radius 2 is 2.32 bits per heavy atom. The van der Waals surface area contributed by atoms with E-state index >= 15 is 0 Å². The fourth-order valence-electron chi connectivity index (χ4n) is 3.00. The monoisotopic (exact) mass is 416 g/mol. The highest BCUT2D eigenvalue weighted by Crippen LogP contribution is 2.28. The second-order valence-electron chi connectivity index (χ2n) is 5.51. The number of benzene rings is 1. The third kappa shape index (κ3) is 2.91. The number of ether oxygens (including phenoxy) is 1. The van der Waals surface area contributed by atoms with Crippen molar-refractivity contribution in [3.8, 4) is 0 Å². The molecule has 0 saturated carbocycles. The van der Waals surface area contributed by atoms with Gasteiger partial charge >= 0.3 is 12.1 Å². The number of hydrogen-bond donors (Lipinski definition) is 2. The van der Waals surface area contributed by atoms with E-state index in [4.69, 9.17) is 4.74 Å². The molecule has 0 radical (unpaired) electrons. The highest BCUT2D eigenvalue weighted by atomic mass is 127. The third-order valence-corrected chi connectivity index (χ3v) is 5.58. The Morgan fingerprint density at radius 1 is 1.50 bits per heavy atom. The molecule has 0 aliphatic carbocycles. The lowest BCUT2D eigenvalue weighted by Gasteiger charge is -2.34. The number of esters is 1. The molecule has 118 valence electrons. The molecule has 1 aromatic rings. The van der Waals surface area contributed by atoms with E-state index in [9.17, 15) is 14.7 Å². The Balaban J connectivity index is 1.71. The average molecular weight is 416 g/mol. The number of piperazine rings is 1. The maximum absolute atomic E-state index is 11.5. The largest absolute Gasteiger partial charge is 0.465 e. The smallest absolute Gasteiger partial charge is 0.407 e. The molecule has 7 heteroatoms. The van der Waals surface area contributed by atoms with Crippen LogP contribution in [0.3, 0.4) is 0 Å². The molecule has 6 nitrogen and oxygen atoms in total. The van der Waals surface area contributed by atoms with Gasteiger partial charge in [0.05, 0.1) is 5.56 Å². The van der Waals surface area contributed by atoms with Crippen molar-refractivity contribution in [2.75, 3.05) is 19.6 Å². The number of aryl methyl sites for hydroxylation is 1. The minimum absolute atomic E-state index is 0.00631. The molecular formula is C15H17IN2O4. The van der Waals surface area contributed by atoms with Gasteiger partial charge in [0.25, 0.3) is 0 Å². The van der Waals surface area contributed by atoms with Crippen molar-refractivity contribution in [3.63, 3.8) is 0 Å². The lowest BCUT2D eigenvalue weighted by atomic mass is 9.99. The van der Waals surface area contributed by atoms with Gasteiger partial charge in [-0.15, -0.1) is 0 Å². The first-order valence-corrected chi connectivity index (χ1v) is 8.33. The van der Waals surface area contributed by atoms with E-state index in [2.05, 4.69) is 27.9 Å². The number of rotatable bonds is 3. The first-order valence-electron chi connectivity index (χ1n) is 7.25. The number of carboxylic acid groups (broad SMARTS) is 1. The zero-order chi connectivity index (χ0) is 15.7. The maximum Gasteiger partial charge on any atom is 0.407 e. The molecule has 1 unspecified atom stereocenters. The molecule has 0 aromatic heterocycles. The molecule has 2 N–H and O–H groups in total. The number of cyclic esters (lactones) is 1. The summed E-state index contributed by atoms with van der Waals surface area (Å²) < 4.78 is 6.12.